The van der Waals surface area contributed by atoms with Crippen molar-refractivity contribution < 1.29 is 4.79 Å². The average Bonchev–Trinajstić information content (AvgIpc) is 2.04. The van der Waals surface area contributed by atoms with Crippen LogP contribution in [0.25, 0.3) is 0 Å². The summed E-state index contributed by atoms with van der Waals surface area (Å²) in [7, 11) is 0. The van der Waals surface area contributed by atoms with Crippen LogP contribution in [0.4, 0.5) is 10.5 Å². The van der Waals surface area contributed by atoms with E-state index in [1.165, 1.54) is 4.90 Å². The number of carbonyl (C=O) groups is 1. The highest BCUT2D eigenvalue weighted by Gasteiger charge is 2.08. The first kappa shape index (κ1) is 9.58. The van der Waals surface area contributed by atoms with Gasteiger partial charge in [-0.3, -0.25) is 4.90 Å². The van der Waals surface area contributed by atoms with E-state index in [0.717, 1.165) is 11.3 Å². The van der Waals surface area contributed by atoms with E-state index < -0.39 is 6.03 Å². The molecule has 3 nitrogen and oxygen atoms in total. The molecule has 70 valence electrons. The molecule has 0 aliphatic carbocycles. The highest BCUT2D eigenvalue weighted by Crippen LogP contribution is 2.14. The predicted octanol–water partition coefficient (Wildman–Crippen LogP) is 1.90. The third kappa shape index (κ3) is 2.21. The zero-order valence-electron chi connectivity index (χ0n) is 7.95. The van der Waals surface area contributed by atoms with E-state index in [0.29, 0.717) is 6.54 Å². The summed E-state index contributed by atoms with van der Waals surface area (Å²) in [5.41, 5.74) is 7.20. The van der Waals surface area contributed by atoms with Gasteiger partial charge in [-0.05, 0) is 31.5 Å². The minimum absolute atomic E-state index is 0.409. The van der Waals surface area contributed by atoms with E-state index in [4.69, 9.17) is 5.73 Å². The van der Waals surface area contributed by atoms with E-state index in [-0.39, 0.29) is 0 Å². The number of amides is 2. The number of anilines is 1. The van der Waals surface area contributed by atoms with Crippen molar-refractivity contribution in [3.63, 3.8) is 0 Å². The minimum atomic E-state index is -0.409. The summed E-state index contributed by atoms with van der Waals surface area (Å²) in [5, 5.41) is 0. The number of hydrogen-bond acceptors (Lipinski definition) is 1. The Hall–Kier alpha value is -1.51. The van der Waals surface area contributed by atoms with Gasteiger partial charge >= 0.3 is 6.03 Å². The molecule has 2 amide bonds. The molecule has 0 aromatic heterocycles. The molecule has 3 heteroatoms. The number of aryl methyl sites for hydroxylation is 1. The molecule has 0 atom stereocenters. The molecule has 1 aromatic carbocycles. The van der Waals surface area contributed by atoms with Gasteiger partial charge in [0.2, 0.25) is 0 Å². The number of primary amides is 1. The molecule has 1 aromatic rings. The van der Waals surface area contributed by atoms with Crippen molar-refractivity contribution in [3.05, 3.63) is 29.8 Å². The minimum Gasteiger partial charge on any atom is -0.351 e. The van der Waals surface area contributed by atoms with Crippen LogP contribution in [0.1, 0.15) is 12.5 Å². The lowest BCUT2D eigenvalue weighted by atomic mass is 10.2. The molecule has 0 saturated heterocycles. The van der Waals surface area contributed by atoms with Gasteiger partial charge in [-0.15, -0.1) is 0 Å². The molecule has 2 N–H and O–H groups in total. The first-order chi connectivity index (χ1) is 6.15. The van der Waals surface area contributed by atoms with E-state index in [9.17, 15) is 4.79 Å². The van der Waals surface area contributed by atoms with E-state index in [1.54, 1.807) is 0 Å². The van der Waals surface area contributed by atoms with Crippen molar-refractivity contribution in [3.8, 4) is 0 Å². The lowest BCUT2D eigenvalue weighted by Gasteiger charge is -2.18. The van der Waals surface area contributed by atoms with E-state index >= 15 is 0 Å². The van der Waals surface area contributed by atoms with Gasteiger partial charge in [0.25, 0.3) is 0 Å². The lowest BCUT2D eigenvalue weighted by Crippen LogP contribution is -2.35. The monoisotopic (exact) mass is 178 g/mol. The molecular formula is C10H14N2O. The quantitative estimate of drug-likeness (QED) is 0.738. The summed E-state index contributed by atoms with van der Waals surface area (Å²) in [6.07, 6.45) is 0. The molecule has 13 heavy (non-hydrogen) atoms. The van der Waals surface area contributed by atoms with Gasteiger partial charge < -0.3 is 5.73 Å². The summed E-state index contributed by atoms with van der Waals surface area (Å²) < 4.78 is 0. The maximum atomic E-state index is 11.0. The molecule has 0 fully saturated rings. The Morgan fingerprint density at radius 1 is 1.54 bits per heavy atom. The van der Waals surface area contributed by atoms with Crippen LogP contribution in [0.15, 0.2) is 24.3 Å². The first-order valence-corrected chi connectivity index (χ1v) is 4.28. The van der Waals surface area contributed by atoms with E-state index in [1.807, 2.05) is 38.1 Å². The number of nitrogens with zero attached hydrogens (tertiary/aromatic N) is 1. The van der Waals surface area contributed by atoms with E-state index in [2.05, 4.69) is 0 Å². The summed E-state index contributed by atoms with van der Waals surface area (Å²) >= 11 is 0. The number of hydrogen-bond donors (Lipinski definition) is 1. The predicted molar refractivity (Wildman–Crippen MR) is 53.8 cm³/mol. The van der Waals surface area contributed by atoms with Crippen LogP contribution in [0.5, 0.6) is 0 Å². The highest BCUT2D eigenvalue weighted by atomic mass is 16.2. The molecule has 0 aliphatic heterocycles. The van der Waals surface area contributed by atoms with Crippen molar-refractivity contribution in [2.45, 2.75) is 13.8 Å². The van der Waals surface area contributed by atoms with Crippen molar-refractivity contribution in [1.29, 1.82) is 0 Å². The third-order valence-electron chi connectivity index (χ3n) is 1.90. The number of urea groups is 1. The van der Waals surface area contributed by atoms with Crippen LogP contribution < -0.4 is 10.6 Å². The molecule has 0 unspecified atom stereocenters. The van der Waals surface area contributed by atoms with Crippen molar-refractivity contribution >= 4 is 11.7 Å². The van der Waals surface area contributed by atoms with Gasteiger partial charge in [0.05, 0.1) is 0 Å². The topological polar surface area (TPSA) is 46.3 Å². The fraction of sp³-hybridized carbons (Fsp3) is 0.300. The van der Waals surface area contributed by atoms with Crippen LogP contribution in [-0.2, 0) is 0 Å². The Labute approximate surface area is 78.2 Å². The number of rotatable bonds is 2. The molecule has 0 heterocycles. The summed E-state index contributed by atoms with van der Waals surface area (Å²) in [5.74, 6) is 0. The van der Waals surface area contributed by atoms with Crippen LogP contribution >= 0.6 is 0 Å². The second-order valence-corrected chi connectivity index (χ2v) is 2.92. The third-order valence-corrected chi connectivity index (χ3v) is 1.90. The maximum Gasteiger partial charge on any atom is 0.319 e. The van der Waals surface area contributed by atoms with Crippen molar-refractivity contribution in [2.24, 2.45) is 5.73 Å². The lowest BCUT2D eigenvalue weighted by molar-refractivity contribution is 0.254. The second kappa shape index (κ2) is 3.94. The standard InChI is InChI=1S/C10H14N2O/c1-3-12(10(11)13)9-6-4-5-8(2)7-9/h4-7H,3H2,1-2H3,(H2,11,13). The summed E-state index contributed by atoms with van der Waals surface area (Å²) in [4.78, 5) is 12.5. The summed E-state index contributed by atoms with van der Waals surface area (Å²) in [6.45, 7) is 4.48. The molecule has 0 bridgehead atoms. The van der Waals surface area contributed by atoms with Gasteiger partial charge in [0, 0.05) is 12.2 Å². The Kier molecular flexibility index (Phi) is 2.90. The van der Waals surface area contributed by atoms with Gasteiger partial charge in [0.15, 0.2) is 0 Å². The average molecular weight is 178 g/mol. The summed E-state index contributed by atoms with van der Waals surface area (Å²) in [6, 6.07) is 7.30. The van der Waals surface area contributed by atoms with Gasteiger partial charge in [0.1, 0.15) is 0 Å². The van der Waals surface area contributed by atoms with Gasteiger partial charge in [-0.25, -0.2) is 4.79 Å². The fourth-order valence-corrected chi connectivity index (χ4v) is 1.26. The van der Waals surface area contributed by atoms with Crippen molar-refractivity contribution in [1.82, 2.24) is 0 Å². The zero-order chi connectivity index (χ0) is 9.84. The molecule has 0 spiro atoms. The molecule has 0 radical (unpaired) electrons. The highest BCUT2D eigenvalue weighted by molar-refractivity contribution is 5.90. The number of carbonyl (C=O) groups excluding carboxylic acids is 1. The van der Waals surface area contributed by atoms with Crippen LogP contribution in [0.2, 0.25) is 0 Å². The Balaban J connectivity index is 2.98. The van der Waals surface area contributed by atoms with Crippen LogP contribution in [0, 0.1) is 6.92 Å². The Morgan fingerprint density at radius 2 is 2.23 bits per heavy atom. The molecule has 0 aliphatic rings. The van der Waals surface area contributed by atoms with Crippen LogP contribution in [0.3, 0.4) is 0 Å². The Morgan fingerprint density at radius 3 is 2.69 bits per heavy atom. The SMILES string of the molecule is CCN(C(N)=O)c1cccc(C)c1. The fourth-order valence-electron chi connectivity index (χ4n) is 1.26. The molecule has 0 saturated carbocycles. The maximum absolute atomic E-state index is 11.0. The van der Waals surface area contributed by atoms with Gasteiger partial charge in [-0.2, -0.15) is 0 Å². The second-order valence-electron chi connectivity index (χ2n) is 2.92. The number of benzene rings is 1. The zero-order valence-corrected chi connectivity index (χ0v) is 7.95. The van der Waals surface area contributed by atoms with Crippen LogP contribution in [-0.4, -0.2) is 12.6 Å². The molecular weight excluding hydrogens is 164 g/mol. The van der Waals surface area contributed by atoms with Crippen molar-refractivity contribution in [2.75, 3.05) is 11.4 Å². The Bertz CT molecular complexity index is 310. The number of nitrogens with two attached hydrogens (primary N) is 1. The van der Waals surface area contributed by atoms with Gasteiger partial charge in [-0.1, -0.05) is 12.1 Å². The largest absolute Gasteiger partial charge is 0.351 e. The molecule has 1 rings (SSSR count). The first-order valence-electron chi connectivity index (χ1n) is 4.28. The smallest absolute Gasteiger partial charge is 0.319 e. The normalized spacial score (nSPS) is 9.69.